The van der Waals surface area contributed by atoms with Crippen LogP contribution in [0.15, 0.2) is 53.7 Å². The van der Waals surface area contributed by atoms with E-state index in [2.05, 4.69) is 25.1 Å². The van der Waals surface area contributed by atoms with Gasteiger partial charge in [0.15, 0.2) is 0 Å². The van der Waals surface area contributed by atoms with Crippen LogP contribution < -0.4 is 0 Å². The number of hydrogen-bond donors (Lipinski definition) is 0. The minimum Gasteiger partial charge on any atom is -0.249 e. The molecule has 0 fully saturated rings. The number of allylic oxidation sites excluding steroid dienone is 5. The molecule has 13 heavy (non-hydrogen) atoms. The third-order valence-corrected chi connectivity index (χ3v) is 1.87. The predicted octanol–water partition coefficient (Wildman–Crippen LogP) is 3.42. The Morgan fingerprint density at radius 1 is 1.54 bits per heavy atom. The van der Waals surface area contributed by atoms with Crippen LogP contribution in [0, 0.1) is 0 Å². The maximum Gasteiger partial charge on any atom is 0.0669 e. The third kappa shape index (κ3) is 2.55. The second kappa shape index (κ2) is 4.61. The van der Waals surface area contributed by atoms with E-state index in [0.29, 0.717) is 0 Å². The Morgan fingerprint density at radius 3 is 2.77 bits per heavy atom. The summed E-state index contributed by atoms with van der Waals surface area (Å²) in [7, 11) is 0. The first-order valence-corrected chi connectivity index (χ1v) is 4.55. The number of nitrogens with zero attached hydrogens (tertiary/aromatic N) is 1. The summed E-state index contributed by atoms with van der Waals surface area (Å²) in [5.41, 5.74) is 3.11. The van der Waals surface area contributed by atoms with Gasteiger partial charge in [0.05, 0.1) is 11.4 Å². The first-order valence-electron chi connectivity index (χ1n) is 4.55. The van der Waals surface area contributed by atoms with Gasteiger partial charge in [0, 0.05) is 0 Å². The second-order valence-corrected chi connectivity index (χ2v) is 3.00. The Hall–Kier alpha value is -1.37. The lowest BCUT2D eigenvalue weighted by molar-refractivity contribution is 0.936. The van der Waals surface area contributed by atoms with Gasteiger partial charge in [-0.05, 0) is 24.1 Å². The van der Waals surface area contributed by atoms with Gasteiger partial charge in [-0.2, -0.15) is 0 Å². The molecule has 1 aliphatic rings. The molecule has 0 bridgehead atoms. The van der Waals surface area contributed by atoms with Gasteiger partial charge in [0.25, 0.3) is 0 Å². The molecule has 0 N–H and O–H groups in total. The Kier molecular flexibility index (Phi) is 3.44. The van der Waals surface area contributed by atoms with Crippen molar-refractivity contribution in [3.05, 3.63) is 48.7 Å². The van der Waals surface area contributed by atoms with Gasteiger partial charge >= 0.3 is 0 Å². The van der Waals surface area contributed by atoms with Gasteiger partial charge in [-0.3, -0.25) is 0 Å². The topological polar surface area (TPSA) is 12.4 Å². The molecule has 0 atom stereocenters. The van der Waals surface area contributed by atoms with Crippen molar-refractivity contribution in [1.29, 1.82) is 0 Å². The van der Waals surface area contributed by atoms with E-state index in [1.807, 2.05) is 24.3 Å². The molecule has 0 spiro atoms. The van der Waals surface area contributed by atoms with Gasteiger partial charge < -0.3 is 0 Å². The van der Waals surface area contributed by atoms with Crippen molar-refractivity contribution in [2.45, 2.75) is 19.8 Å². The van der Waals surface area contributed by atoms with Crippen molar-refractivity contribution in [2.24, 2.45) is 4.99 Å². The SMILES string of the molecule is C=C/C=C(\CCC)C1=NC(=C)C=C1. The van der Waals surface area contributed by atoms with Crippen molar-refractivity contribution in [1.82, 2.24) is 0 Å². The second-order valence-electron chi connectivity index (χ2n) is 3.00. The Labute approximate surface area is 79.9 Å². The van der Waals surface area contributed by atoms with E-state index in [9.17, 15) is 0 Å². The average Bonchev–Trinajstić information content (AvgIpc) is 2.51. The summed E-state index contributed by atoms with van der Waals surface area (Å²) < 4.78 is 0. The van der Waals surface area contributed by atoms with Crippen molar-refractivity contribution >= 4 is 5.71 Å². The molecule has 0 aliphatic carbocycles. The monoisotopic (exact) mass is 173 g/mol. The fraction of sp³-hybridized carbons (Fsp3) is 0.250. The minimum atomic E-state index is 0.834. The molecule has 68 valence electrons. The highest BCUT2D eigenvalue weighted by Crippen LogP contribution is 2.16. The summed E-state index contributed by atoms with van der Waals surface area (Å²) in [4.78, 5) is 4.32. The average molecular weight is 173 g/mol. The highest BCUT2D eigenvalue weighted by atomic mass is 14.8. The number of hydrogen-bond acceptors (Lipinski definition) is 1. The normalized spacial score (nSPS) is 16.2. The van der Waals surface area contributed by atoms with E-state index in [4.69, 9.17) is 0 Å². The van der Waals surface area contributed by atoms with Gasteiger partial charge in [-0.25, -0.2) is 4.99 Å². The van der Waals surface area contributed by atoms with Crippen LogP contribution in [0.2, 0.25) is 0 Å². The molecular formula is C12H15N. The highest BCUT2D eigenvalue weighted by Gasteiger charge is 2.06. The minimum absolute atomic E-state index is 0.834. The predicted molar refractivity (Wildman–Crippen MR) is 58.9 cm³/mol. The molecule has 0 saturated carbocycles. The summed E-state index contributed by atoms with van der Waals surface area (Å²) in [6.07, 6.45) is 9.93. The molecule has 0 saturated heterocycles. The summed E-state index contributed by atoms with van der Waals surface area (Å²) in [5, 5.41) is 0. The van der Waals surface area contributed by atoms with Crippen molar-refractivity contribution < 1.29 is 0 Å². The summed E-state index contributed by atoms with van der Waals surface area (Å²) in [6.45, 7) is 9.63. The van der Waals surface area contributed by atoms with Gasteiger partial charge in [0.1, 0.15) is 0 Å². The number of rotatable bonds is 4. The van der Waals surface area contributed by atoms with Crippen molar-refractivity contribution in [3.8, 4) is 0 Å². The first kappa shape index (κ1) is 9.72. The molecule has 1 aliphatic heterocycles. The molecule has 0 aromatic carbocycles. The lowest BCUT2D eigenvalue weighted by Gasteiger charge is -2.01. The standard InChI is InChI=1S/C12H15N/c1-4-6-11(7-5-2)12-9-8-10(3)13-12/h4,6,8-9H,1,3,5,7H2,2H3/b11-6+. The van der Waals surface area contributed by atoms with E-state index in [0.717, 1.165) is 24.3 Å². The van der Waals surface area contributed by atoms with Gasteiger partial charge in [-0.1, -0.05) is 38.7 Å². The Bertz CT molecular complexity index is 303. The van der Waals surface area contributed by atoms with E-state index >= 15 is 0 Å². The molecule has 0 aromatic heterocycles. The number of aliphatic imine (C=N–C) groups is 1. The largest absolute Gasteiger partial charge is 0.249 e. The summed E-state index contributed by atoms with van der Waals surface area (Å²) in [6, 6.07) is 0. The van der Waals surface area contributed by atoms with Crippen molar-refractivity contribution in [3.63, 3.8) is 0 Å². The van der Waals surface area contributed by atoms with Gasteiger partial charge in [-0.15, -0.1) is 0 Å². The maximum atomic E-state index is 4.32. The van der Waals surface area contributed by atoms with Crippen molar-refractivity contribution in [2.75, 3.05) is 0 Å². The lowest BCUT2D eigenvalue weighted by atomic mass is 10.1. The maximum absolute atomic E-state index is 4.32. The zero-order chi connectivity index (χ0) is 9.68. The zero-order valence-corrected chi connectivity index (χ0v) is 8.09. The lowest BCUT2D eigenvalue weighted by Crippen LogP contribution is -1.96. The fourth-order valence-corrected chi connectivity index (χ4v) is 1.29. The molecule has 1 nitrogen and oxygen atoms in total. The molecule has 0 unspecified atom stereocenters. The quantitative estimate of drug-likeness (QED) is 0.577. The first-order chi connectivity index (χ1) is 6.27. The highest BCUT2D eigenvalue weighted by molar-refractivity contribution is 6.10. The summed E-state index contributed by atoms with van der Waals surface area (Å²) in [5.74, 6) is 0. The molecule has 0 amide bonds. The van der Waals surface area contributed by atoms with Crippen LogP contribution in [-0.2, 0) is 0 Å². The zero-order valence-electron chi connectivity index (χ0n) is 8.09. The molecular weight excluding hydrogens is 158 g/mol. The van der Waals surface area contributed by atoms with Crippen LogP contribution in [-0.4, -0.2) is 5.71 Å². The van der Waals surface area contributed by atoms with Crippen LogP contribution in [0.4, 0.5) is 0 Å². The van der Waals surface area contributed by atoms with Crippen LogP contribution in [0.3, 0.4) is 0 Å². The third-order valence-electron chi connectivity index (χ3n) is 1.87. The van der Waals surface area contributed by atoms with E-state index < -0.39 is 0 Å². The summed E-state index contributed by atoms with van der Waals surface area (Å²) >= 11 is 0. The van der Waals surface area contributed by atoms with Gasteiger partial charge in [0.2, 0.25) is 0 Å². The molecule has 0 aromatic rings. The molecule has 1 heterocycles. The fourth-order valence-electron chi connectivity index (χ4n) is 1.29. The van der Waals surface area contributed by atoms with E-state index in [-0.39, 0.29) is 0 Å². The van der Waals surface area contributed by atoms with Crippen LogP contribution >= 0.6 is 0 Å². The van der Waals surface area contributed by atoms with E-state index in [1.165, 1.54) is 5.57 Å². The van der Waals surface area contributed by atoms with Crippen LogP contribution in [0.25, 0.3) is 0 Å². The van der Waals surface area contributed by atoms with Crippen LogP contribution in [0.1, 0.15) is 19.8 Å². The van der Waals surface area contributed by atoms with Crippen LogP contribution in [0.5, 0.6) is 0 Å². The molecule has 1 heteroatoms. The molecule has 0 radical (unpaired) electrons. The Balaban J connectivity index is 2.83. The smallest absolute Gasteiger partial charge is 0.0669 e. The van der Waals surface area contributed by atoms with E-state index in [1.54, 1.807) is 0 Å². The Morgan fingerprint density at radius 2 is 2.31 bits per heavy atom. The molecule has 1 rings (SSSR count).